The zero-order chi connectivity index (χ0) is 30.9. The molecule has 1 aromatic carbocycles. The lowest BCUT2D eigenvalue weighted by atomic mass is 10.1. The van der Waals surface area contributed by atoms with E-state index in [1.54, 1.807) is 23.1 Å². The average Bonchev–Trinajstić information content (AvgIpc) is 3.62. The van der Waals surface area contributed by atoms with Gasteiger partial charge in [-0.1, -0.05) is 114 Å². The fourth-order valence-electron chi connectivity index (χ4n) is 6.13. The highest BCUT2D eigenvalue weighted by Gasteiger charge is 2.45. The van der Waals surface area contributed by atoms with Crippen molar-refractivity contribution in [2.45, 2.75) is 142 Å². The predicted molar refractivity (Wildman–Crippen MR) is 177 cm³/mol. The van der Waals surface area contributed by atoms with Crippen molar-refractivity contribution in [1.29, 1.82) is 0 Å². The number of halogens is 2. The van der Waals surface area contributed by atoms with Crippen molar-refractivity contribution in [1.82, 2.24) is 19.7 Å². The number of hydrogen-bond acceptors (Lipinski definition) is 6. The van der Waals surface area contributed by atoms with E-state index >= 15 is 0 Å². The molecule has 2 fully saturated rings. The standard InChI is InChI=1S/C19H39NO.C15H17Cl2N3O2/c1-4-5-6-7-8-9-10-11-12-13-14-15-20-16-18(2)21-19(3)17-20;1-2-3-12-7-21-15(22-12,8-20-10-18-9-19-20)13-5-4-11(16)6-14(13)17/h18-19H,4-17H2,1-3H3;4-6,9-10,12H,2-3,7-8H2,1H3. The monoisotopic (exact) mass is 638 g/mol. The Hall–Kier alpha value is -1.22. The van der Waals surface area contributed by atoms with E-state index in [4.69, 9.17) is 37.4 Å². The Balaban J connectivity index is 0.000000236. The van der Waals surface area contributed by atoms with E-state index in [9.17, 15) is 0 Å². The van der Waals surface area contributed by atoms with Crippen molar-refractivity contribution >= 4 is 23.2 Å². The fraction of sp³-hybridized carbons (Fsp3) is 0.765. The molecule has 2 aliphatic rings. The Morgan fingerprint density at radius 1 is 0.884 bits per heavy atom. The normalized spacial score (nSPS) is 24.2. The van der Waals surface area contributed by atoms with E-state index < -0.39 is 5.79 Å². The minimum Gasteiger partial charge on any atom is -0.373 e. The highest BCUT2D eigenvalue weighted by molar-refractivity contribution is 6.35. The molecule has 244 valence electrons. The zero-order valence-electron chi connectivity index (χ0n) is 27.1. The minimum absolute atomic E-state index is 0.0419. The molecule has 43 heavy (non-hydrogen) atoms. The van der Waals surface area contributed by atoms with Crippen LogP contribution in [-0.2, 0) is 26.5 Å². The highest BCUT2D eigenvalue weighted by Crippen LogP contribution is 2.41. The molecule has 4 rings (SSSR count). The molecule has 1 aromatic heterocycles. The molecule has 0 amide bonds. The molecule has 0 saturated carbocycles. The van der Waals surface area contributed by atoms with Gasteiger partial charge in [0.1, 0.15) is 19.2 Å². The number of benzene rings is 1. The second-order valence-corrected chi connectivity index (χ2v) is 13.2. The Morgan fingerprint density at radius 2 is 1.53 bits per heavy atom. The van der Waals surface area contributed by atoms with E-state index in [2.05, 4.69) is 42.7 Å². The molecule has 2 aliphatic heterocycles. The van der Waals surface area contributed by atoms with Crippen LogP contribution >= 0.6 is 23.2 Å². The molecule has 7 nitrogen and oxygen atoms in total. The maximum atomic E-state index is 6.37. The van der Waals surface area contributed by atoms with Gasteiger partial charge >= 0.3 is 0 Å². The topological polar surface area (TPSA) is 61.6 Å². The number of nitrogens with zero attached hydrogens (tertiary/aromatic N) is 4. The van der Waals surface area contributed by atoms with Crippen molar-refractivity contribution in [2.24, 2.45) is 0 Å². The molecule has 0 spiro atoms. The Morgan fingerprint density at radius 3 is 2.12 bits per heavy atom. The van der Waals surface area contributed by atoms with E-state index in [-0.39, 0.29) is 6.10 Å². The van der Waals surface area contributed by atoms with Crippen LogP contribution in [0.25, 0.3) is 0 Å². The van der Waals surface area contributed by atoms with Gasteiger partial charge < -0.3 is 14.2 Å². The first kappa shape index (κ1) is 36.3. The summed E-state index contributed by atoms with van der Waals surface area (Å²) in [6.07, 6.45) is 21.7. The molecule has 0 N–H and O–H groups in total. The van der Waals surface area contributed by atoms with Crippen LogP contribution in [0, 0.1) is 0 Å². The lowest BCUT2D eigenvalue weighted by molar-refractivity contribution is -0.189. The molecule has 2 aromatic rings. The summed E-state index contributed by atoms with van der Waals surface area (Å²) in [5.41, 5.74) is 0.757. The van der Waals surface area contributed by atoms with E-state index in [0.29, 0.717) is 35.4 Å². The van der Waals surface area contributed by atoms with Crippen molar-refractivity contribution < 1.29 is 14.2 Å². The van der Waals surface area contributed by atoms with E-state index in [1.807, 2.05) is 6.07 Å². The van der Waals surface area contributed by atoms with E-state index in [1.165, 1.54) is 83.5 Å². The second-order valence-electron chi connectivity index (χ2n) is 12.4. The smallest absolute Gasteiger partial charge is 0.217 e. The van der Waals surface area contributed by atoms with Crippen LogP contribution in [0.5, 0.6) is 0 Å². The van der Waals surface area contributed by atoms with Gasteiger partial charge in [0, 0.05) is 23.7 Å². The minimum atomic E-state index is -0.963. The fourth-order valence-corrected chi connectivity index (χ4v) is 6.68. The van der Waals surface area contributed by atoms with Crippen molar-refractivity contribution in [3.8, 4) is 0 Å². The highest BCUT2D eigenvalue weighted by atomic mass is 35.5. The molecule has 3 heterocycles. The van der Waals surface area contributed by atoms with Crippen molar-refractivity contribution in [3.63, 3.8) is 0 Å². The summed E-state index contributed by atoms with van der Waals surface area (Å²) < 4.78 is 19.7. The van der Waals surface area contributed by atoms with Crippen LogP contribution < -0.4 is 0 Å². The molecule has 0 bridgehead atoms. The Bertz CT molecular complexity index is 1000. The summed E-state index contributed by atoms with van der Waals surface area (Å²) in [5.74, 6) is -0.963. The van der Waals surface area contributed by atoms with Gasteiger partial charge in [-0.15, -0.1) is 0 Å². The summed E-state index contributed by atoms with van der Waals surface area (Å²) in [6.45, 7) is 13.2. The van der Waals surface area contributed by atoms with Crippen LogP contribution in [0.1, 0.15) is 117 Å². The van der Waals surface area contributed by atoms with Gasteiger partial charge in [0.15, 0.2) is 0 Å². The van der Waals surface area contributed by atoms with Gasteiger partial charge in [0.05, 0.1) is 29.9 Å². The zero-order valence-corrected chi connectivity index (χ0v) is 28.6. The maximum absolute atomic E-state index is 6.37. The summed E-state index contributed by atoms with van der Waals surface area (Å²) in [6, 6.07) is 5.32. The quantitative estimate of drug-likeness (QED) is 0.161. The number of morpholine rings is 1. The van der Waals surface area contributed by atoms with Crippen LogP contribution in [0.15, 0.2) is 30.9 Å². The van der Waals surface area contributed by atoms with Gasteiger partial charge in [0.2, 0.25) is 5.79 Å². The molecule has 0 radical (unpaired) electrons. The molecule has 4 atom stereocenters. The summed E-state index contributed by atoms with van der Waals surface area (Å²) >= 11 is 12.4. The van der Waals surface area contributed by atoms with Gasteiger partial charge in [-0.25, -0.2) is 9.67 Å². The third-order valence-electron chi connectivity index (χ3n) is 8.22. The van der Waals surface area contributed by atoms with Crippen molar-refractivity contribution in [2.75, 3.05) is 26.2 Å². The number of aromatic nitrogens is 3. The molecule has 4 unspecified atom stereocenters. The van der Waals surface area contributed by atoms with Crippen LogP contribution in [-0.4, -0.2) is 64.2 Å². The maximum Gasteiger partial charge on any atom is 0.217 e. The van der Waals surface area contributed by atoms with Gasteiger partial charge in [-0.2, -0.15) is 5.10 Å². The largest absolute Gasteiger partial charge is 0.373 e. The van der Waals surface area contributed by atoms with Gasteiger partial charge in [0.25, 0.3) is 0 Å². The van der Waals surface area contributed by atoms with Crippen LogP contribution in [0.4, 0.5) is 0 Å². The second kappa shape index (κ2) is 20.0. The molecule has 9 heteroatoms. The summed E-state index contributed by atoms with van der Waals surface area (Å²) in [7, 11) is 0. The Kier molecular flexibility index (Phi) is 16.9. The first-order chi connectivity index (χ1) is 20.8. The van der Waals surface area contributed by atoms with E-state index in [0.717, 1.165) is 31.5 Å². The first-order valence-corrected chi connectivity index (χ1v) is 17.6. The Labute approximate surface area is 271 Å². The molecule has 0 aliphatic carbocycles. The van der Waals surface area contributed by atoms with Crippen molar-refractivity contribution in [3.05, 3.63) is 46.5 Å². The average molecular weight is 640 g/mol. The number of rotatable bonds is 17. The lowest BCUT2D eigenvalue weighted by Crippen LogP contribution is -2.45. The molecular formula is C34H56Cl2N4O3. The first-order valence-electron chi connectivity index (χ1n) is 16.8. The number of hydrogen-bond donors (Lipinski definition) is 0. The SMILES string of the molecule is CCCC1COC(Cn2cncn2)(c2ccc(Cl)cc2Cl)O1.CCCCCCCCCCCCCN1CC(C)OC(C)C1. The third-order valence-corrected chi connectivity index (χ3v) is 8.77. The molecular weight excluding hydrogens is 583 g/mol. The summed E-state index contributed by atoms with van der Waals surface area (Å²) in [5, 5.41) is 5.24. The van der Waals surface area contributed by atoms with Crippen LogP contribution in [0.3, 0.4) is 0 Å². The van der Waals surface area contributed by atoms with Gasteiger partial charge in [-0.05, 0) is 45.4 Å². The van der Waals surface area contributed by atoms with Gasteiger partial charge in [-0.3, -0.25) is 4.90 Å². The molecule has 2 saturated heterocycles. The predicted octanol–water partition coefficient (Wildman–Crippen LogP) is 9.06. The number of unbranched alkanes of at least 4 members (excludes halogenated alkanes) is 10. The number of ether oxygens (including phenoxy) is 3. The van der Waals surface area contributed by atoms with Crippen LogP contribution in [0.2, 0.25) is 10.0 Å². The third kappa shape index (κ3) is 13.0. The summed E-state index contributed by atoms with van der Waals surface area (Å²) in [4.78, 5) is 6.56. The lowest BCUT2D eigenvalue weighted by Gasteiger charge is -2.35.